The Morgan fingerprint density at radius 1 is 1.15 bits per heavy atom. The third kappa shape index (κ3) is 2.94. The lowest BCUT2D eigenvalue weighted by molar-refractivity contribution is -0.136. The minimum Gasteiger partial charge on any atom is -0.330 e. The van der Waals surface area contributed by atoms with E-state index in [1.807, 2.05) is 6.07 Å². The van der Waals surface area contributed by atoms with Crippen LogP contribution in [0.5, 0.6) is 0 Å². The van der Waals surface area contributed by atoms with E-state index in [0.717, 1.165) is 23.6 Å². The number of nitrogens with zero attached hydrogens (tertiary/aromatic N) is 2. The molecule has 3 aliphatic heterocycles. The second kappa shape index (κ2) is 6.24. The highest BCUT2D eigenvalue weighted by atomic mass is 16.2. The van der Waals surface area contributed by atoms with Crippen LogP contribution in [-0.2, 0) is 16.1 Å². The number of nitrogens with two attached hydrogens (primary N) is 1. The van der Waals surface area contributed by atoms with Crippen molar-refractivity contribution < 1.29 is 19.2 Å². The molecule has 0 bridgehead atoms. The molecule has 0 aliphatic carbocycles. The molecule has 8 heteroatoms. The number of likely N-dealkylation sites (tertiary alicyclic amines) is 1. The molecule has 1 aromatic rings. The lowest BCUT2D eigenvalue weighted by Crippen LogP contribution is -2.57. The van der Waals surface area contributed by atoms with Crippen molar-refractivity contribution in [1.82, 2.24) is 15.1 Å². The molecule has 1 atom stereocenters. The predicted octanol–water partition coefficient (Wildman–Crippen LogP) is -0.132. The van der Waals surface area contributed by atoms with Gasteiger partial charge in [0, 0.05) is 38.0 Å². The molecule has 4 rings (SSSR count). The highest BCUT2D eigenvalue weighted by molar-refractivity contribution is 6.23. The van der Waals surface area contributed by atoms with Gasteiger partial charge < -0.3 is 5.73 Å². The minimum absolute atomic E-state index is 0.115. The summed E-state index contributed by atoms with van der Waals surface area (Å²) in [5.74, 6) is -1.92. The van der Waals surface area contributed by atoms with Gasteiger partial charge in [-0.3, -0.25) is 34.3 Å². The largest absolute Gasteiger partial charge is 0.330 e. The Kier molecular flexibility index (Phi) is 4.12. The van der Waals surface area contributed by atoms with Gasteiger partial charge in [-0.1, -0.05) is 13.0 Å². The smallest absolute Gasteiger partial charge is 0.262 e. The Morgan fingerprint density at radius 3 is 2.52 bits per heavy atom. The van der Waals surface area contributed by atoms with E-state index in [2.05, 4.69) is 17.1 Å². The van der Waals surface area contributed by atoms with E-state index in [9.17, 15) is 19.2 Å². The van der Waals surface area contributed by atoms with E-state index >= 15 is 0 Å². The second-order valence-corrected chi connectivity index (χ2v) is 7.99. The Balaban J connectivity index is 1.52. The molecule has 0 saturated carbocycles. The third-order valence-electron chi connectivity index (χ3n) is 5.61. The van der Waals surface area contributed by atoms with Gasteiger partial charge in [-0.05, 0) is 24.1 Å². The molecule has 2 fully saturated rings. The quantitative estimate of drug-likeness (QED) is 0.714. The fourth-order valence-corrected chi connectivity index (χ4v) is 4.15. The molecule has 0 aromatic heterocycles. The third-order valence-corrected chi connectivity index (χ3v) is 5.61. The van der Waals surface area contributed by atoms with Crippen molar-refractivity contribution in [2.75, 3.05) is 19.6 Å². The predicted molar refractivity (Wildman–Crippen MR) is 95.6 cm³/mol. The molecule has 27 heavy (non-hydrogen) atoms. The van der Waals surface area contributed by atoms with Gasteiger partial charge in [-0.25, -0.2) is 0 Å². The summed E-state index contributed by atoms with van der Waals surface area (Å²) in [5, 5.41) is 2.20. The lowest BCUT2D eigenvalue weighted by atomic mass is 9.82. The zero-order chi connectivity index (χ0) is 19.3. The zero-order valence-corrected chi connectivity index (χ0v) is 15.2. The Labute approximate surface area is 156 Å². The molecule has 3 aliphatic rings. The van der Waals surface area contributed by atoms with E-state index in [-0.39, 0.29) is 24.2 Å². The summed E-state index contributed by atoms with van der Waals surface area (Å²) >= 11 is 0. The van der Waals surface area contributed by atoms with Crippen LogP contribution < -0.4 is 11.1 Å². The van der Waals surface area contributed by atoms with Crippen LogP contribution in [0.2, 0.25) is 0 Å². The maximum absolute atomic E-state index is 12.8. The van der Waals surface area contributed by atoms with Crippen molar-refractivity contribution >= 4 is 23.6 Å². The summed E-state index contributed by atoms with van der Waals surface area (Å²) in [7, 11) is 0. The van der Waals surface area contributed by atoms with Crippen LogP contribution in [0.25, 0.3) is 0 Å². The summed E-state index contributed by atoms with van der Waals surface area (Å²) in [6.07, 6.45) is 0.276. The Bertz CT molecular complexity index is 859. The number of imide groups is 2. The zero-order valence-electron chi connectivity index (χ0n) is 15.2. The maximum atomic E-state index is 12.8. The number of piperidine rings is 1. The fourth-order valence-electron chi connectivity index (χ4n) is 4.15. The summed E-state index contributed by atoms with van der Waals surface area (Å²) in [5.41, 5.74) is 7.49. The van der Waals surface area contributed by atoms with Crippen LogP contribution >= 0.6 is 0 Å². The van der Waals surface area contributed by atoms with Gasteiger partial charge in [-0.2, -0.15) is 0 Å². The molecule has 0 radical (unpaired) electrons. The van der Waals surface area contributed by atoms with E-state index in [1.54, 1.807) is 12.1 Å². The molecule has 4 amide bonds. The number of hydrogen-bond acceptors (Lipinski definition) is 6. The number of fused-ring (bicyclic) bond motifs is 1. The average Bonchev–Trinajstić information content (AvgIpc) is 2.85. The first kappa shape index (κ1) is 17.8. The SMILES string of the molecule is CC1(CN)CN(Cc2ccc3c(c2)C(=O)N(C2CCC(=O)NC2=O)C3=O)C1. The molecule has 1 aromatic carbocycles. The average molecular weight is 370 g/mol. The Morgan fingerprint density at radius 2 is 1.85 bits per heavy atom. The highest BCUT2D eigenvalue weighted by Crippen LogP contribution is 2.32. The molecular weight excluding hydrogens is 348 g/mol. The van der Waals surface area contributed by atoms with Gasteiger partial charge in [0.05, 0.1) is 11.1 Å². The highest BCUT2D eigenvalue weighted by Gasteiger charge is 2.45. The summed E-state index contributed by atoms with van der Waals surface area (Å²) in [6.45, 7) is 5.27. The second-order valence-electron chi connectivity index (χ2n) is 7.99. The number of benzene rings is 1. The number of hydrogen-bond donors (Lipinski definition) is 2. The standard InChI is InChI=1S/C19H22N4O4/c1-19(8-20)9-22(10-19)7-11-2-3-12-13(6-11)18(27)23(17(12)26)14-4-5-15(24)21-16(14)25/h2-3,6,14H,4-5,7-10,20H2,1H3,(H,21,24,25). The van der Waals surface area contributed by atoms with Crippen LogP contribution in [0.1, 0.15) is 46.0 Å². The van der Waals surface area contributed by atoms with Gasteiger partial charge >= 0.3 is 0 Å². The molecule has 3 N–H and O–H groups in total. The minimum atomic E-state index is -0.931. The van der Waals surface area contributed by atoms with Crippen LogP contribution in [0, 0.1) is 5.41 Å². The Hall–Kier alpha value is -2.58. The molecule has 1 unspecified atom stereocenters. The monoisotopic (exact) mass is 370 g/mol. The van der Waals surface area contributed by atoms with Crippen molar-refractivity contribution in [3.8, 4) is 0 Å². The topological polar surface area (TPSA) is 113 Å². The fraction of sp³-hybridized carbons (Fsp3) is 0.474. The number of nitrogens with one attached hydrogen (secondary N) is 1. The van der Waals surface area contributed by atoms with Crippen molar-refractivity contribution in [2.24, 2.45) is 11.1 Å². The van der Waals surface area contributed by atoms with Crippen molar-refractivity contribution in [3.63, 3.8) is 0 Å². The van der Waals surface area contributed by atoms with E-state index < -0.39 is 23.8 Å². The van der Waals surface area contributed by atoms with Gasteiger partial charge in [0.2, 0.25) is 11.8 Å². The summed E-state index contributed by atoms with van der Waals surface area (Å²) < 4.78 is 0. The first-order valence-electron chi connectivity index (χ1n) is 9.08. The van der Waals surface area contributed by atoms with Crippen molar-refractivity contribution in [2.45, 2.75) is 32.4 Å². The maximum Gasteiger partial charge on any atom is 0.262 e. The van der Waals surface area contributed by atoms with Gasteiger partial charge in [0.1, 0.15) is 6.04 Å². The first-order chi connectivity index (χ1) is 12.8. The lowest BCUT2D eigenvalue weighted by Gasteiger charge is -2.47. The number of carbonyl (C=O) groups excluding carboxylic acids is 4. The van der Waals surface area contributed by atoms with Gasteiger partial charge in [-0.15, -0.1) is 0 Å². The molecule has 2 saturated heterocycles. The van der Waals surface area contributed by atoms with Gasteiger partial charge in [0.25, 0.3) is 11.8 Å². The molecule has 3 heterocycles. The van der Waals surface area contributed by atoms with E-state index in [1.165, 1.54) is 0 Å². The van der Waals surface area contributed by atoms with E-state index in [4.69, 9.17) is 5.73 Å². The van der Waals surface area contributed by atoms with Crippen LogP contribution in [0.4, 0.5) is 0 Å². The molecule has 8 nitrogen and oxygen atoms in total. The molecule has 142 valence electrons. The normalized spacial score (nSPS) is 24.7. The number of rotatable bonds is 4. The molecule has 0 spiro atoms. The van der Waals surface area contributed by atoms with Crippen LogP contribution in [0.3, 0.4) is 0 Å². The first-order valence-corrected chi connectivity index (χ1v) is 9.08. The summed E-state index contributed by atoms with van der Waals surface area (Å²) in [4.78, 5) is 52.1. The van der Waals surface area contributed by atoms with Crippen LogP contribution in [-0.4, -0.2) is 59.1 Å². The van der Waals surface area contributed by atoms with Crippen LogP contribution in [0.15, 0.2) is 18.2 Å². The van der Waals surface area contributed by atoms with Gasteiger partial charge in [0.15, 0.2) is 0 Å². The van der Waals surface area contributed by atoms with E-state index in [0.29, 0.717) is 24.2 Å². The summed E-state index contributed by atoms with van der Waals surface area (Å²) in [6, 6.07) is 4.30. The van der Waals surface area contributed by atoms with Crippen molar-refractivity contribution in [1.29, 1.82) is 0 Å². The van der Waals surface area contributed by atoms with Crippen molar-refractivity contribution in [3.05, 3.63) is 34.9 Å². The number of amides is 4. The number of carbonyl (C=O) groups is 4. The molecular formula is C19H22N4O4.